The monoisotopic (exact) mass is 413 g/mol. The summed E-state index contributed by atoms with van der Waals surface area (Å²) in [7, 11) is 1.68. The zero-order valence-corrected chi connectivity index (χ0v) is 17.8. The third-order valence-electron chi connectivity index (χ3n) is 7.71. The highest BCUT2D eigenvalue weighted by Gasteiger charge is 2.65. The molecule has 4 heterocycles. The Balaban J connectivity index is 1.32. The minimum absolute atomic E-state index is 0.307. The van der Waals surface area contributed by atoms with E-state index in [1.54, 1.807) is 7.11 Å². The highest BCUT2D eigenvalue weighted by molar-refractivity contribution is 5.91. The molecule has 6 rings (SSSR count). The van der Waals surface area contributed by atoms with Gasteiger partial charge in [-0.1, -0.05) is 30.3 Å². The summed E-state index contributed by atoms with van der Waals surface area (Å²) >= 11 is 0. The standard InChI is InChI=1S/C26H27N3O2/c1-31-21-7-2-5-18(13-21)16-28-17-20-14-24(29-12-4-10-26(20,29)25(28)30)23-8-3-6-19-15-27-11-9-22(19)23/h2-3,5-9,11,13,15,20,24H,4,10,12,14,16-17H2,1H3/t20-,24-,26-/m0/s1. The van der Waals surface area contributed by atoms with Gasteiger partial charge in [-0.05, 0) is 60.5 Å². The number of nitrogens with zero attached hydrogens (tertiary/aromatic N) is 3. The number of hydrogen-bond donors (Lipinski definition) is 0. The van der Waals surface area contributed by atoms with Crippen molar-refractivity contribution < 1.29 is 9.53 Å². The van der Waals surface area contributed by atoms with E-state index in [0.29, 0.717) is 24.4 Å². The first-order valence-electron chi connectivity index (χ1n) is 11.2. The van der Waals surface area contributed by atoms with Crippen LogP contribution in [0.1, 0.15) is 36.4 Å². The van der Waals surface area contributed by atoms with Crippen molar-refractivity contribution in [2.45, 2.75) is 37.4 Å². The molecule has 3 atom stereocenters. The van der Waals surface area contributed by atoms with Crippen molar-refractivity contribution in [3.63, 3.8) is 0 Å². The number of carbonyl (C=O) groups excluding carboxylic acids is 1. The summed E-state index contributed by atoms with van der Waals surface area (Å²) < 4.78 is 5.37. The Hall–Kier alpha value is -2.92. The van der Waals surface area contributed by atoms with Gasteiger partial charge < -0.3 is 9.64 Å². The Morgan fingerprint density at radius 3 is 3.00 bits per heavy atom. The van der Waals surface area contributed by atoms with Gasteiger partial charge in [-0.2, -0.15) is 0 Å². The van der Waals surface area contributed by atoms with Gasteiger partial charge in [0.15, 0.2) is 0 Å². The molecule has 3 aliphatic rings. The van der Waals surface area contributed by atoms with Gasteiger partial charge in [0, 0.05) is 42.8 Å². The topological polar surface area (TPSA) is 45.7 Å². The van der Waals surface area contributed by atoms with E-state index >= 15 is 0 Å². The van der Waals surface area contributed by atoms with E-state index in [4.69, 9.17) is 4.74 Å². The summed E-state index contributed by atoms with van der Waals surface area (Å²) in [6.07, 6.45) is 6.94. The molecule has 0 radical (unpaired) electrons. The van der Waals surface area contributed by atoms with E-state index in [-0.39, 0.29) is 5.54 Å². The molecule has 3 fully saturated rings. The second-order valence-electron chi connectivity index (χ2n) is 9.15. The van der Waals surface area contributed by atoms with Gasteiger partial charge in [0.05, 0.1) is 7.11 Å². The molecule has 2 aromatic carbocycles. The number of hydrogen-bond acceptors (Lipinski definition) is 4. The molecule has 31 heavy (non-hydrogen) atoms. The summed E-state index contributed by atoms with van der Waals surface area (Å²) in [4.78, 5) is 22.8. The lowest BCUT2D eigenvalue weighted by Crippen LogP contribution is -2.49. The van der Waals surface area contributed by atoms with E-state index in [0.717, 1.165) is 43.7 Å². The zero-order valence-electron chi connectivity index (χ0n) is 17.8. The first-order chi connectivity index (χ1) is 15.2. The number of ether oxygens (including phenoxy) is 1. The van der Waals surface area contributed by atoms with Crippen molar-refractivity contribution in [2.75, 3.05) is 20.2 Å². The summed E-state index contributed by atoms with van der Waals surface area (Å²) in [6.45, 7) is 2.50. The van der Waals surface area contributed by atoms with Gasteiger partial charge in [-0.15, -0.1) is 0 Å². The molecule has 1 amide bonds. The van der Waals surface area contributed by atoms with Crippen LogP contribution in [0, 0.1) is 5.92 Å². The van der Waals surface area contributed by atoms with Gasteiger partial charge in [0.2, 0.25) is 5.91 Å². The molecule has 0 bridgehead atoms. The lowest BCUT2D eigenvalue weighted by molar-refractivity contribution is -0.137. The highest BCUT2D eigenvalue weighted by atomic mass is 16.5. The quantitative estimate of drug-likeness (QED) is 0.644. The van der Waals surface area contributed by atoms with Gasteiger partial charge in [0.1, 0.15) is 11.3 Å². The van der Waals surface area contributed by atoms with E-state index < -0.39 is 0 Å². The third-order valence-corrected chi connectivity index (χ3v) is 7.71. The minimum Gasteiger partial charge on any atom is -0.497 e. The van der Waals surface area contributed by atoms with E-state index in [2.05, 4.69) is 45.1 Å². The lowest BCUT2D eigenvalue weighted by atomic mass is 9.85. The van der Waals surface area contributed by atoms with Crippen LogP contribution in [0.2, 0.25) is 0 Å². The molecule has 3 aliphatic heterocycles. The molecule has 0 N–H and O–H groups in total. The molecule has 158 valence electrons. The van der Waals surface area contributed by atoms with E-state index in [9.17, 15) is 4.79 Å². The molecular formula is C26H27N3O2. The van der Waals surface area contributed by atoms with Crippen LogP contribution in [-0.2, 0) is 11.3 Å². The summed E-state index contributed by atoms with van der Waals surface area (Å²) in [5.41, 5.74) is 2.16. The van der Waals surface area contributed by atoms with Gasteiger partial charge in [0.25, 0.3) is 0 Å². The van der Waals surface area contributed by atoms with Crippen molar-refractivity contribution in [1.82, 2.24) is 14.8 Å². The number of amides is 1. The van der Waals surface area contributed by atoms with Crippen molar-refractivity contribution in [3.8, 4) is 5.75 Å². The fourth-order valence-electron chi connectivity index (χ4n) is 6.44. The molecule has 0 unspecified atom stereocenters. The van der Waals surface area contributed by atoms with E-state index in [1.807, 2.05) is 30.6 Å². The summed E-state index contributed by atoms with van der Waals surface area (Å²) in [6, 6.07) is 17.0. The zero-order chi connectivity index (χ0) is 21.0. The Labute approximate surface area is 182 Å². The number of benzene rings is 2. The molecule has 3 saturated heterocycles. The van der Waals surface area contributed by atoms with Crippen molar-refractivity contribution in [1.29, 1.82) is 0 Å². The first-order valence-corrected chi connectivity index (χ1v) is 11.2. The van der Waals surface area contributed by atoms with Crippen LogP contribution in [0.5, 0.6) is 5.75 Å². The molecule has 3 aromatic rings. The minimum atomic E-state index is -0.321. The molecule has 5 nitrogen and oxygen atoms in total. The molecule has 1 spiro atoms. The predicted molar refractivity (Wildman–Crippen MR) is 120 cm³/mol. The van der Waals surface area contributed by atoms with Crippen LogP contribution in [0.3, 0.4) is 0 Å². The molecular weight excluding hydrogens is 386 g/mol. The summed E-state index contributed by atoms with van der Waals surface area (Å²) in [5, 5.41) is 2.45. The fraction of sp³-hybridized carbons (Fsp3) is 0.385. The first kappa shape index (κ1) is 18.8. The van der Waals surface area contributed by atoms with Crippen LogP contribution in [0.25, 0.3) is 10.8 Å². The van der Waals surface area contributed by atoms with Crippen LogP contribution < -0.4 is 4.74 Å². The Bertz CT molecular complexity index is 1160. The number of likely N-dealkylation sites (tertiary alicyclic amines) is 1. The predicted octanol–water partition coefficient (Wildman–Crippen LogP) is 4.18. The average Bonchev–Trinajstić information content (AvgIpc) is 3.44. The maximum Gasteiger partial charge on any atom is 0.243 e. The van der Waals surface area contributed by atoms with Crippen LogP contribution in [0.4, 0.5) is 0 Å². The highest BCUT2D eigenvalue weighted by Crippen LogP contribution is 2.56. The number of pyridine rings is 1. The average molecular weight is 414 g/mol. The van der Waals surface area contributed by atoms with Gasteiger partial charge >= 0.3 is 0 Å². The third kappa shape index (κ3) is 2.72. The van der Waals surface area contributed by atoms with Crippen molar-refractivity contribution in [2.24, 2.45) is 5.92 Å². The second kappa shape index (κ2) is 7.06. The number of rotatable bonds is 4. The van der Waals surface area contributed by atoms with Gasteiger partial charge in [-0.25, -0.2) is 0 Å². The SMILES string of the molecule is COc1cccc(CN2C[C@@H]3C[C@@H](c4cccc5cnccc45)N4CCC[C@@]34C2=O)c1. The normalized spacial score (nSPS) is 27.6. The van der Waals surface area contributed by atoms with Crippen LogP contribution >= 0.6 is 0 Å². The number of aromatic nitrogens is 1. The second-order valence-corrected chi connectivity index (χ2v) is 9.15. The maximum atomic E-state index is 13.8. The number of carbonyl (C=O) groups is 1. The van der Waals surface area contributed by atoms with Crippen LogP contribution in [-0.4, -0.2) is 46.4 Å². The smallest absolute Gasteiger partial charge is 0.243 e. The number of fused-ring (bicyclic) bond motifs is 1. The molecule has 0 aliphatic carbocycles. The van der Waals surface area contributed by atoms with Crippen LogP contribution in [0.15, 0.2) is 60.9 Å². The van der Waals surface area contributed by atoms with Gasteiger partial charge in [-0.3, -0.25) is 14.7 Å². The summed E-state index contributed by atoms with van der Waals surface area (Å²) in [5.74, 6) is 1.55. The maximum absolute atomic E-state index is 13.8. The molecule has 1 aromatic heterocycles. The lowest BCUT2D eigenvalue weighted by Gasteiger charge is -2.34. The van der Waals surface area contributed by atoms with Crippen molar-refractivity contribution >= 4 is 16.7 Å². The fourth-order valence-corrected chi connectivity index (χ4v) is 6.44. The Kier molecular flexibility index (Phi) is 4.29. The molecule has 5 heteroatoms. The van der Waals surface area contributed by atoms with E-state index in [1.165, 1.54) is 16.3 Å². The largest absolute Gasteiger partial charge is 0.497 e. The number of methoxy groups -OCH3 is 1. The Morgan fingerprint density at radius 2 is 2.10 bits per heavy atom. The molecule has 0 saturated carbocycles. The van der Waals surface area contributed by atoms with Crippen molar-refractivity contribution in [3.05, 3.63) is 72.1 Å². The Morgan fingerprint density at radius 1 is 1.19 bits per heavy atom.